The van der Waals surface area contributed by atoms with Gasteiger partial charge < -0.3 is 14.2 Å². The molecule has 0 atom stereocenters. The molecule has 0 aliphatic heterocycles. The van der Waals surface area contributed by atoms with Crippen LogP contribution < -0.4 is 9.47 Å². The Labute approximate surface area is 156 Å². The summed E-state index contributed by atoms with van der Waals surface area (Å²) in [6.07, 6.45) is 5.73. The highest BCUT2D eigenvalue weighted by Gasteiger charge is 2.27. The minimum Gasteiger partial charge on any atom is -0.428 e. The van der Waals surface area contributed by atoms with Crippen molar-refractivity contribution in [1.29, 1.82) is 0 Å². The number of benzene rings is 1. The first-order chi connectivity index (χ1) is 12.3. The lowest BCUT2D eigenvalue weighted by Crippen LogP contribution is -2.26. The van der Waals surface area contributed by atoms with Gasteiger partial charge in [0.05, 0.1) is 5.92 Å². The number of hydrogen-bond acceptors (Lipinski definition) is 5. The van der Waals surface area contributed by atoms with Crippen molar-refractivity contribution in [3.8, 4) is 11.5 Å². The van der Waals surface area contributed by atoms with Gasteiger partial charge >= 0.3 is 12.1 Å². The van der Waals surface area contributed by atoms with Gasteiger partial charge in [0.25, 0.3) is 0 Å². The van der Waals surface area contributed by atoms with E-state index in [4.69, 9.17) is 14.2 Å². The molecule has 1 aliphatic carbocycles. The van der Waals surface area contributed by atoms with E-state index >= 15 is 0 Å². The van der Waals surface area contributed by atoms with Gasteiger partial charge in [-0.2, -0.15) is 0 Å². The molecule has 5 heteroatoms. The van der Waals surface area contributed by atoms with Crippen LogP contribution in [-0.4, -0.2) is 17.7 Å². The standard InChI is InChI=1S/C21H30O5/c1-5-6-15-7-9-16(10-8-15)19(22)24-17-11-13-18(14-12-17)25-20(23)26-21(2,3)4/h11-16H,5-10H2,1-4H3/t15-,16-. The average molecular weight is 362 g/mol. The van der Waals surface area contributed by atoms with Crippen LogP contribution in [0.4, 0.5) is 4.79 Å². The number of carbonyl (C=O) groups is 2. The van der Waals surface area contributed by atoms with Crippen LogP contribution in [0.15, 0.2) is 24.3 Å². The second kappa shape index (κ2) is 9.06. The Bertz CT molecular complexity index is 592. The van der Waals surface area contributed by atoms with Gasteiger partial charge in [-0.25, -0.2) is 4.79 Å². The van der Waals surface area contributed by atoms with Crippen LogP contribution >= 0.6 is 0 Å². The van der Waals surface area contributed by atoms with Crippen LogP contribution in [0.3, 0.4) is 0 Å². The Morgan fingerprint density at radius 1 is 0.962 bits per heavy atom. The average Bonchev–Trinajstić information content (AvgIpc) is 2.56. The Morgan fingerprint density at radius 3 is 2.00 bits per heavy atom. The van der Waals surface area contributed by atoms with E-state index in [0.717, 1.165) is 31.6 Å². The third kappa shape index (κ3) is 6.70. The van der Waals surface area contributed by atoms with Crippen LogP contribution in [-0.2, 0) is 9.53 Å². The van der Waals surface area contributed by atoms with Gasteiger partial charge in [0.15, 0.2) is 0 Å². The Hall–Kier alpha value is -2.04. The molecule has 0 spiro atoms. The lowest BCUT2D eigenvalue weighted by Gasteiger charge is -2.26. The summed E-state index contributed by atoms with van der Waals surface area (Å²) in [5.74, 6) is 1.39. The van der Waals surface area contributed by atoms with Crippen molar-refractivity contribution in [2.75, 3.05) is 0 Å². The van der Waals surface area contributed by atoms with Crippen molar-refractivity contribution in [1.82, 2.24) is 0 Å². The highest BCUT2D eigenvalue weighted by Crippen LogP contribution is 2.32. The van der Waals surface area contributed by atoms with Crippen LogP contribution in [0.1, 0.15) is 66.2 Å². The third-order valence-corrected chi connectivity index (χ3v) is 4.51. The zero-order chi connectivity index (χ0) is 19.2. The Morgan fingerprint density at radius 2 is 1.50 bits per heavy atom. The van der Waals surface area contributed by atoms with Crippen LogP contribution in [0.5, 0.6) is 11.5 Å². The quantitative estimate of drug-likeness (QED) is 0.392. The van der Waals surface area contributed by atoms with E-state index in [1.807, 2.05) is 0 Å². The summed E-state index contributed by atoms with van der Waals surface area (Å²) in [4.78, 5) is 24.0. The first-order valence-corrected chi connectivity index (χ1v) is 9.49. The predicted molar refractivity (Wildman–Crippen MR) is 99.3 cm³/mol. The summed E-state index contributed by atoms with van der Waals surface area (Å²) in [7, 11) is 0. The maximum absolute atomic E-state index is 12.3. The van der Waals surface area contributed by atoms with Gasteiger partial charge in [0.1, 0.15) is 17.1 Å². The molecule has 1 aliphatic rings. The maximum Gasteiger partial charge on any atom is 0.514 e. The molecule has 1 fully saturated rings. The summed E-state index contributed by atoms with van der Waals surface area (Å²) in [5.41, 5.74) is -0.608. The first kappa shape index (κ1) is 20.3. The van der Waals surface area contributed by atoms with E-state index < -0.39 is 11.8 Å². The first-order valence-electron chi connectivity index (χ1n) is 9.49. The molecule has 0 bridgehead atoms. The summed E-state index contributed by atoms with van der Waals surface area (Å²) in [6, 6.07) is 6.43. The van der Waals surface area contributed by atoms with Crippen molar-refractivity contribution < 1.29 is 23.8 Å². The Kier molecular flexibility index (Phi) is 7.06. The van der Waals surface area contributed by atoms with Gasteiger partial charge in [-0.05, 0) is 76.6 Å². The van der Waals surface area contributed by atoms with Gasteiger partial charge in [-0.1, -0.05) is 19.8 Å². The van der Waals surface area contributed by atoms with Crippen molar-refractivity contribution in [2.24, 2.45) is 11.8 Å². The molecule has 0 aromatic heterocycles. The molecule has 0 saturated heterocycles. The fourth-order valence-corrected chi connectivity index (χ4v) is 3.24. The molecule has 0 amide bonds. The zero-order valence-electron chi connectivity index (χ0n) is 16.2. The third-order valence-electron chi connectivity index (χ3n) is 4.51. The molecule has 26 heavy (non-hydrogen) atoms. The minimum atomic E-state index is -0.758. The lowest BCUT2D eigenvalue weighted by molar-refractivity contribution is -0.140. The van der Waals surface area contributed by atoms with Gasteiger partial charge in [-0.15, -0.1) is 0 Å². The second-order valence-electron chi connectivity index (χ2n) is 7.97. The number of rotatable bonds is 5. The summed E-state index contributed by atoms with van der Waals surface area (Å²) < 4.78 is 15.7. The maximum atomic E-state index is 12.3. The highest BCUT2D eigenvalue weighted by atomic mass is 16.7. The monoisotopic (exact) mass is 362 g/mol. The Balaban J connectivity index is 1.81. The molecule has 0 unspecified atom stereocenters. The van der Waals surface area contributed by atoms with Gasteiger partial charge in [0.2, 0.25) is 0 Å². The molecule has 1 aromatic rings. The molecule has 144 valence electrons. The van der Waals surface area contributed by atoms with E-state index in [1.54, 1.807) is 45.0 Å². The highest BCUT2D eigenvalue weighted by molar-refractivity contribution is 5.75. The molecule has 1 aromatic carbocycles. The van der Waals surface area contributed by atoms with Gasteiger partial charge in [0, 0.05) is 0 Å². The largest absolute Gasteiger partial charge is 0.514 e. The molecule has 2 rings (SSSR count). The fourth-order valence-electron chi connectivity index (χ4n) is 3.24. The van der Waals surface area contributed by atoms with Crippen molar-refractivity contribution in [3.05, 3.63) is 24.3 Å². The fraction of sp³-hybridized carbons (Fsp3) is 0.619. The molecule has 1 saturated carbocycles. The van der Waals surface area contributed by atoms with Crippen LogP contribution in [0, 0.1) is 11.8 Å². The predicted octanol–water partition coefficient (Wildman–Crippen LogP) is 5.51. The smallest absolute Gasteiger partial charge is 0.428 e. The SMILES string of the molecule is CCC[C@H]1CC[C@H](C(=O)Oc2ccc(OC(=O)OC(C)(C)C)cc2)CC1. The second-order valence-corrected chi connectivity index (χ2v) is 7.97. The summed E-state index contributed by atoms with van der Waals surface area (Å²) >= 11 is 0. The molecule has 5 nitrogen and oxygen atoms in total. The molecule has 0 radical (unpaired) electrons. The molecular weight excluding hydrogens is 332 g/mol. The van der Waals surface area contributed by atoms with E-state index in [2.05, 4.69) is 6.92 Å². The van der Waals surface area contributed by atoms with E-state index in [1.165, 1.54) is 12.8 Å². The van der Waals surface area contributed by atoms with Crippen LogP contribution in [0.2, 0.25) is 0 Å². The van der Waals surface area contributed by atoms with Crippen LogP contribution in [0.25, 0.3) is 0 Å². The van der Waals surface area contributed by atoms with Crippen molar-refractivity contribution in [2.45, 2.75) is 71.8 Å². The summed E-state index contributed by atoms with van der Waals surface area (Å²) in [6.45, 7) is 7.52. The number of hydrogen-bond donors (Lipinski definition) is 0. The van der Waals surface area contributed by atoms with Crippen molar-refractivity contribution >= 4 is 12.1 Å². The molecule has 0 heterocycles. The zero-order valence-corrected chi connectivity index (χ0v) is 16.2. The molecule has 0 N–H and O–H groups in total. The van der Waals surface area contributed by atoms with Crippen molar-refractivity contribution in [3.63, 3.8) is 0 Å². The van der Waals surface area contributed by atoms with E-state index in [0.29, 0.717) is 11.5 Å². The normalized spacial score (nSPS) is 20.3. The van der Waals surface area contributed by atoms with Gasteiger partial charge in [-0.3, -0.25) is 4.79 Å². The number of ether oxygens (including phenoxy) is 3. The topological polar surface area (TPSA) is 61.8 Å². The lowest BCUT2D eigenvalue weighted by atomic mass is 9.80. The van der Waals surface area contributed by atoms with E-state index in [9.17, 15) is 9.59 Å². The molecular formula is C21H30O5. The minimum absolute atomic E-state index is 0.0132. The summed E-state index contributed by atoms with van der Waals surface area (Å²) in [5, 5.41) is 0. The number of esters is 1. The van der Waals surface area contributed by atoms with E-state index in [-0.39, 0.29) is 11.9 Å². The number of carbonyl (C=O) groups excluding carboxylic acids is 2.